The number of hydrogen-bond acceptors (Lipinski definition) is 4. The highest BCUT2D eigenvalue weighted by molar-refractivity contribution is 5.85. The highest BCUT2D eigenvalue weighted by Gasteiger charge is 2.11. The van der Waals surface area contributed by atoms with Crippen LogP contribution >= 0.6 is 24.8 Å². The van der Waals surface area contributed by atoms with Gasteiger partial charge in [0.25, 0.3) is 0 Å². The van der Waals surface area contributed by atoms with Crippen LogP contribution in [-0.4, -0.2) is 36.2 Å². The van der Waals surface area contributed by atoms with Crippen LogP contribution in [0.3, 0.4) is 0 Å². The first-order valence-corrected chi connectivity index (χ1v) is 7.45. The number of aryl methyl sites for hydroxylation is 3. The van der Waals surface area contributed by atoms with E-state index in [9.17, 15) is 5.11 Å². The number of nitrogens with zero attached hydrogens (tertiary/aromatic N) is 2. The van der Waals surface area contributed by atoms with Crippen LogP contribution in [0.4, 0.5) is 0 Å². The second-order valence-corrected chi connectivity index (χ2v) is 5.80. The highest BCUT2D eigenvalue weighted by Crippen LogP contribution is 2.24. The van der Waals surface area contributed by atoms with Gasteiger partial charge in [-0.2, -0.15) is 0 Å². The molecule has 0 amide bonds. The number of pyridine rings is 1. The van der Waals surface area contributed by atoms with Gasteiger partial charge in [0.15, 0.2) is 0 Å². The largest absolute Gasteiger partial charge is 0.506 e. The predicted molar refractivity (Wildman–Crippen MR) is 103 cm³/mol. The number of aromatic nitrogens is 1. The second kappa shape index (κ2) is 10.4. The van der Waals surface area contributed by atoms with Gasteiger partial charge in [0, 0.05) is 17.8 Å². The van der Waals surface area contributed by atoms with Crippen LogP contribution in [0.2, 0.25) is 0 Å². The van der Waals surface area contributed by atoms with Crippen LogP contribution in [0.5, 0.6) is 11.5 Å². The van der Waals surface area contributed by atoms with E-state index in [1.165, 1.54) is 5.56 Å². The summed E-state index contributed by atoms with van der Waals surface area (Å²) in [6.07, 6.45) is 1.57. The van der Waals surface area contributed by atoms with E-state index in [1.54, 1.807) is 7.11 Å². The minimum absolute atomic E-state index is 0. The summed E-state index contributed by atoms with van der Waals surface area (Å²) in [6.45, 7) is 2.68. The molecule has 4 nitrogen and oxygen atoms in total. The first-order valence-electron chi connectivity index (χ1n) is 7.45. The smallest absolute Gasteiger partial charge is 0.141 e. The Kier molecular flexibility index (Phi) is 9.75. The summed E-state index contributed by atoms with van der Waals surface area (Å²) in [7, 11) is 5.65. The van der Waals surface area contributed by atoms with Crippen molar-refractivity contribution in [2.75, 3.05) is 21.2 Å². The van der Waals surface area contributed by atoms with Crippen LogP contribution in [0.1, 0.15) is 22.5 Å². The maximum atomic E-state index is 10.4. The molecule has 0 spiro atoms. The molecule has 0 saturated heterocycles. The number of aromatic hydroxyl groups is 1. The number of rotatable bonds is 6. The summed E-state index contributed by atoms with van der Waals surface area (Å²) >= 11 is 0. The average Bonchev–Trinajstić information content (AvgIpc) is 2.49. The molecule has 0 aliphatic heterocycles. The van der Waals surface area contributed by atoms with Crippen molar-refractivity contribution in [2.24, 2.45) is 0 Å². The van der Waals surface area contributed by atoms with Crippen molar-refractivity contribution in [1.29, 1.82) is 0 Å². The van der Waals surface area contributed by atoms with Gasteiger partial charge in [0.1, 0.15) is 11.5 Å². The predicted octanol–water partition coefficient (Wildman–Crippen LogP) is 3.79. The lowest BCUT2D eigenvalue weighted by atomic mass is 10.0. The number of halogens is 2. The van der Waals surface area contributed by atoms with Crippen molar-refractivity contribution in [2.45, 2.75) is 26.3 Å². The molecule has 2 aromatic rings. The lowest BCUT2D eigenvalue weighted by Gasteiger charge is -2.14. The van der Waals surface area contributed by atoms with Gasteiger partial charge >= 0.3 is 0 Å². The zero-order valence-corrected chi connectivity index (χ0v) is 16.2. The number of methoxy groups -OCH3 is 1. The van der Waals surface area contributed by atoms with E-state index < -0.39 is 0 Å². The zero-order chi connectivity index (χ0) is 16.1. The summed E-state index contributed by atoms with van der Waals surface area (Å²) in [5.74, 6) is 1.18. The van der Waals surface area contributed by atoms with Gasteiger partial charge in [-0.05, 0) is 57.6 Å². The fraction of sp³-hybridized carbons (Fsp3) is 0.389. The van der Waals surface area contributed by atoms with E-state index in [1.807, 2.05) is 56.3 Å². The first kappa shape index (κ1) is 22.5. The standard InChI is InChI=1S/C18H24N2O2.2ClH/c1-13-11-15(12-20(2)3)18(21)17(19-13)10-7-14-5-8-16(22-4)9-6-14;;/h5-6,8-9,11,21H,7,10,12H2,1-4H3;2*1H. The van der Waals surface area contributed by atoms with E-state index in [2.05, 4.69) is 4.98 Å². The molecule has 0 saturated carbocycles. The Morgan fingerprint density at radius 2 is 1.71 bits per heavy atom. The van der Waals surface area contributed by atoms with Crippen LogP contribution in [0, 0.1) is 6.92 Å². The molecule has 134 valence electrons. The van der Waals surface area contributed by atoms with Gasteiger partial charge < -0.3 is 14.7 Å². The normalized spacial score (nSPS) is 10.0. The molecule has 0 atom stereocenters. The topological polar surface area (TPSA) is 45.6 Å². The molecule has 0 aliphatic carbocycles. The molecule has 1 heterocycles. The van der Waals surface area contributed by atoms with Crippen molar-refractivity contribution >= 4 is 24.8 Å². The van der Waals surface area contributed by atoms with E-state index >= 15 is 0 Å². The lowest BCUT2D eigenvalue weighted by Crippen LogP contribution is -2.12. The van der Waals surface area contributed by atoms with Gasteiger partial charge in [0.05, 0.1) is 12.8 Å². The van der Waals surface area contributed by atoms with Crippen molar-refractivity contribution in [3.05, 3.63) is 52.8 Å². The number of ether oxygens (including phenoxy) is 1. The Bertz CT molecular complexity index is 632. The Hall–Kier alpha value is -1.49. The third-order valence-electron chi connectivity index (χ3n) is 3.57. The molecule has 0 unspecified atom stereocenters. The molecule has 0 radical (unpaired) electrons. The highest BCUT2D eigenvalue weighted by atomic mass is 35.5. The molecule has 0 fully saturated rings. The van der Waals surface area contributed by atoms with E-state index in [4.69, 9.17) is 4.74 Å². The number of benzene rings is 1. The maximum Gasteiger partial charge on any atom is 0.141 e. The van der Waals surface area contributed by atoms with Gasteiger partial charge in [-0.1, -0.05) is 12.1 Å². The fourth-order valence-electron chi connectivity index (χ4n) is 2.49. The minimum atomic E-state index is 0. The lowest BCUT2D eigenvalue weighted by molar-refractivity contribution is 0.382. The monoisotopic (exact) mass is 372 g/mol. The van der Waals surface area contributed by atoms with Crippen molar-refractivity contribution in [3.63, 3.8) is 0 Å². The Morgan fingerprint density at radius 1 is 1.08 bits per heavy atom. The molecular formula is C18H26Cl2N2O2. The Morgan fingerprint density at radius 3 is 2.25 bits per heavy atom. The maximum absolute atomic E-state index is 10.4. The van der Waals surface area contributed by atoms with Gasteiger partial charge in [-0.3, -0.25) is 4.98 Å². The van der Waals surface area contributed by atoms with Crippen LogP contribution in [-0.2, 0) is 19.4 Å². The van der Waals surface area contributed by atoms with Crippen molar-refractivity contribution in [3.8, 4) is 11.5 Å². The van der Waals surface area contributed by atoms with Gasteiger partial charge in [0.2, 0.25) is 0 Å². The van der Waals surface area contributed by atoms with E-state index in [-0.39, 0.29) is 24.8 Å². The quantitative estimate of drug-likeness (QED) is 0.837. The van der Waals surface area contributed by atoms with Crippen molar-refractivity contribution < 1.29 is 9.84 Å². The third-order valence-corrected chi connectivity index (χ3v) is 3.57. The fourth-order valence-corrected chi connectivity index (χ4v) is 2.49. The second-order valence-electron chi connectivity index (χ2n) is 5.80. The van der Waals surface area contributed by atoms with Crippen LogP contribution in [0.25, 0.3) is 0 Å². The molecule has 24 heavy (non-hydrogen) atoms. The molecular weight excluding hydrogens is 347 g/mol. The molecule has 1 N–H and O–H groups in total. The minimum Gasteiger partial charge on any atom is -0.506 e. The molecule has 1 aromatic heterocycles. The Balaban J connectivity index is 0.00000264. The van der Waals surface area contributed by atoms with Crippen molar-refractivity contribution in [1.82, 2.24) is 9.88 Å². The van der Waals surface area contributed by atoms with E-state index in [0.29, 0.717) is 12.3 Å². The molecule has 1 aromatic carbocycles. The van der Waals surface area contributed by atoms with Crippen LogP contribution in [0.15, 0.2) is 30.3 Å². The summed E-state index contributed by atoms with van der Waals surface area (Å²) in [6, 6.07) is 9.96. The first-order chi connectivity index (χ1) is 10.5. The molecule has 0 aliphatic rings. The summed E-state index contributed by atoms with van der Waals surface area (Å²) in [5.41, 5.74) is 3.85. The average molecular weight is 373 g/mol. The SMILES string of the molecule is COc1ccc(CCc2nc(C)cc(CN(C)C)c2O)cc1.Cl.Cl. The molecule has 6 heteroatoms. The third kappa shape index (κ3) is 6.19. The van der Waals surface area contributed by atoms with Crippen LogP contribution < -0.4 is 4.74 Å². The number of hydrogen-bond donors (Lipinski definition) is 1. The molecule has 0 bridgehead atoms. The zero-order valence-electron chi connectivity index (χ0n) is 14.6. The summed E-state index contributed by atoms with van der Waals surface area (Å²) < 4.78 is 5.16. The summed E-state index contributed by atoms with van der Waals surface area (Å²) in [5, 5.41) is 10.4. The van der Waals surface area contributed by atoms with Gasteiger partial charge in [-0.25, -0.2) is 0 Å². The van der Waals surface area contributed by atoms with Gasteiger partial charge in [-0.15, -0.1) is 24.8 Å². The Labute approximate surface area is 156 Å². The molecule has 2 rings (SSSR count). The summed E-state index contributed by atoms with van der Waals surface area (Å²) in [4.78, 5) is 6.54. The van der Waals surface area contributed by atoms with E-state index in [0.717, 1.165) is 35.5 Å².